The largest absolute Gasteiger partial charge is 0.135 e. The maximum absolute atomic E-state index is 3.82. The predicted molar refractivity (Wildman–Crippen MR) is 118 cm³/mol. The number of halogens is 1. The van der Waals surface area contributed by atoms with Crippen LogP contribution in [0.5, 0.6) is 0 Å². The van der Waals surface area contributed by atoms with Gasteiger partial charge in [0.05, 0.1) is 0 Å². The molecule has 0 atom stereocenters. The Morgan fingerprint density at radius 2 is 1.27 bits per heavy atom. The maximum Gasteiger partial charge on any atom is 0.0434 e. The Balaban J connectivity index is 1.87. The zero-order valence-electron chi connectivity index (χ0n) is 13.9. The molecule has 124 valence electrons. The van der Waals surface area contributed by atoms with Crippen LogP contribution in [0.2, 0.25) is 0 Å². The molecule has 0 amide bonds. The van der Waals surface area contributed by atoms with Crippen LogP contribution in [-0.4, -0.2) is 0 Å². The molecule has 0 nitrogen and oxygen atoms in total. The highest BCUT2D eigenvalue weighted by Crippen LogP contribution is 2.45. The highest BCUT2D eigenvalue weighted by molar-refractivity contribution is 9.10. The van der Waals surface area contributed by atoms with E-state index in [-0.39, 0.29) is 0 Å². The summed E-state index contributed by atoms with van der Waals surface area (Å²) in [6.45, 7) is 0. The number of hydrogen-bond acceptors (Lipinski definition) is 1. The molecule has 0 saturated carbocycles. The van der Waals surface area contributed by atoms with Crippen LogP contribution in [0.4, 0.5) is 0 Å². The Kier molecular flexibility index (Phi) is 3.88. The normalized spacial score (nSPS) is 11.3. The first kappa shape index (κ1) is 15.8. The first-order chi connectivity index (χ1) is 12.8. The van der Waals surface area contributed by atoms with Crippen molar-refractivity contribution in [2.24, 2.45) is 0 Å². The fourth-order valence-corrected chi connectivity index (χ4v) is 5.40. The monoisotopic (exact) mass is 414 g/mol. The summed E-state index contributed by atoms with van der Waals surface area (Å²) in [6, 6.07) is 32.4. The second kappa shape index (κ2) is 6.39. The van der Waals surface area contributed by atoms with Crippen LogP contribution in [0.1, 0.15) is 0 Å². The van der Waals surface area contributed by atoms with Crippen molar-refractivity contribution in [1.82, 2.24) is 0 Å². The molecular formula is C24H15BrS. The van der Waals surface area contributed by atoms with Crippen molar-refractivity contribution in [3.8, 4) is 22.3 Å². The molecule has 0 bridgehead atoms. The van der Waals surface area contributed by atoms with Gasteiger partial charge in [-0.1, -0.05) is 94.8 Å². The van der Waals surface area contributed by atoms with Crippen molar-refractivity contribution < 1.29 is 0 Å². The van der Waals surface area contributed by atoms with E-state index in [9.17, 15) is 0 Å². The average molecular weight is 415 g/mol. The van der Waals surface area contributed by atoms with E-state index >= 15 is 0 Å². The average Bonchev–Trinajstić information content (AvgIpc) is 3.07. The van der Waals surface area contributed by atoms with E-state index in [0.717, 1.165) is 4.47 Å². The number of fused-ring (bicyclic) bond motifs is 3. The van der Waals surface area contributed by atoms with Crippen LogP contribution in [0.3, 0.4) is 0 Å². The second-order valence-corrected chi connectivity index (χ2v) is 8.22. The molecule has 0 unspecified atom stereocenters. The Morgan fingerprint density at radius 1 is 0.577 bits per heavy atom. The fourth-order valence-electron chi connectivity index (χ4n) is 3.60. The summed E-state index contributed by atoms with van der Waals surface area (Å²) in [5.41, 5.74) is 5.04. The standard InChI is InChI=1S/C24H15BrS/c25-21-14-7-11-17(16-8-2-1-3-9-16)23(21)20-13-6-12-19-18-10-4-5-15-22(18)26-24(19)20/h1-15H. The maximum atomic E-state index is 3.82. The van der Waals surface area contributed by atoms with E-state index in [1.807, 2.05) is 11.3 Å². The Bertz CT molecular complexity index is 1240. The lowest BCUT2D eigenvalue weighted by atomic mass is 9.94. The van der Waals surface area contributed by atoms with Crippen LogP contribution >= 0.6 is 27.3 Å². The Labute approximate surface area is 164 Å². The van der Waals surface area contributed by atoms with Crippen LogP contribution in [0.25, 0.3) is 42.4 Å². The molecule has 0 spiro atoms. The highest BCUT2D eigenvalue weighted by atomic mass is 79.9. The molecule has 5 rings (SSSR count). The summed E-state index contributed by atoms with van der Waals surface area (Å²) in [4.78, 5) is 0. The van der Waals surface area contributed by atoms with Gasteiger partial charge in [0.15, 0.2) is 0 Å². The Morgan fingerprint density at radius 3 is 2.15 bits per heavy atom. The summed E-state index contributed by atoms with van der Waals surface area (Å²) >= 11 is 5.69. The van der Waals surface area contributed by atoms with Gasteiger partial charge in [-0.05, 0) is 23.3 Å². The van der Waals surface area contributed by atoms with Gasteiger partial charge in [-0.2, -0.15) is 0 Å². The van der Waals surface area contributed by atoms with E-state index in [2.05, 4.69) is 107 Å². The van der Waals surface area contributed by atoms with E-state index in [1.165, 1.54) is 42.4 Å². The minimum Gasteiger partial charge on any atom is -0.135 e. The highest BCUT2D eigenvalue weighted by Gasteiger charge is 2.16. The lowest BCUT2D eigenvalue weighted by Crippen LogP contribution is -1.87. The first-order valence-corrected chi connectivity index (χ1v) is 10.2. The minimum absolute atomic E-state index is 1.13. The van der Waals surface area contributed by atoms with Crippen molar-refractivity contribution in [3.05, 3.63) is 95.5 Å². The number of rotatable bonds is 2. The van der Waals surface area contributed by atoms with Gasteiger partial charge in [0.25, 0.3) is 0 Å². The van der Waals surface area contributed by atoms with Crippen molar-refractivity contribution in [3.63, 3.8) is 0 Å². The van der Waals surface area contributed by atoms with Crippen LogP contribution < -0.4 is 0 Å². The molecule has 2 heteroatoms. The molecule has 0 aliphatic rings. The molecule has 0 N–H and O–H groups in total. The molecule has 0 saturated heterocycles. The molecule has 0 aliphatic carbocycles. The molecule has 4 aromatic carbocycles. The summed E-state index contributed by atoms with van der Waals surface area (Å²) in [5, 5.41) is 2.67. The third kappa shape index (κ3) is 2.49. The van der Waals surface area contributed by atoms with Crippen molar-refractivity contribution in [2.45, 2.75) is 0 Å². The second-order valence-electron chi connectivity index (χ2n) is 6.31. The lowest BCUT2D eigenvalue weighted by Gasteiger charge is -2.13. The molecular weight excluding hydrogens is 400 g/mol. The third-order valence-corrected chi connectivity index (χ3v) is 6.65. The third-order valence-electron chi connectivity index (χ3n) is 4.77. The summed E-state index contributed by atoms with van der Waals surface area (Å²) < 4.78 is 3.81. The van der Waals surface area contributed by atoms with Crippen molar-refractivity contribution >= 4 is 47.4 Å². The van der Waals surface area contributed by atoms with Crippen molar-refractivity contribution in [1.29, 1.82) is 0 Å². The van der Waals surface area contributed by atoms with E-state index < -0.39 is 0 Å². The molecule has 0 radical (unpaired) electrons. The smallest absolute Gasteiger partial charge is 0.0434 e. The van der Waals surface area contributed by atoms with Crippen LogP contribution in [0.15, 0.2) is 95.5 Å². The van der Waals surface area contributed by atoms with Gasteiger partial charge >= 0.3 is 0 Å². The zero-order valence-corrected chi connectivity index (χ0v) is 16.3. The SMILES string of the molecule is Brc1cccc(-c2ccccc2)c1-c1cccc2c1sc1ccccc12. The molecule has 26 heavy (non-hydrogen) atoms. The quantitative estimate of drug-likeness (QED) is 0.273. The molecule has 1 heterocycles. The van der Waals surface area contributed by atoms with Crippen LogP contribution in [0, 0.1) is 0 Å². The van der Waals surface area contributed by atoms with Gasteiger partial charge in [0.2, 0.25) is 0 Å². The predicted octanol–water partition coefficient (Wildman–Crippen LogP) is 8.15. The van der Waals surface area contributed by atoms with Gasteiger partial charge in [0, 0.05) is 35.8 Å². The zero-order chi connectivity index (χ0) is 17.5. The molecule has 0 aliphatic heterocycles. The van der Waals surface area contributed by atoms with E-state index in [0.29, 0.717) is 0 Å². The summed E-state index contributed by atoms with van der Waals surface area (Å²) in [5.74, 6) is 0. The molecule has 5 aromatic rings. The van der Waals surface area contributed by atoms with Crippen molar-refractivity contribution in [2.75, 3.05) is 0 Å². The van der Waals surface area contributed by atoms with Gasteiger partial charge < -0.3 is 0 Å². The summed E-state index contributed by atoms with van der Waals surface area (Å²) in [7, 11) is 0. The van der Waals surface area contributed by atoms with E-state index in [1.54, 1.807) is 0 Å². The van der Waals surface area contributed by atoms with Gasteiger partial charge in [-0.25, -0.2) is 0 Å². The summed E-state index contributed by atoms with van der Waals surface area (Å²) in [6.07, 6.45) is 0. The number of benzene rings is 4. The van der Waals surface area contributed by atoms with Crippen LogP contribution in [-0.2, 0) is 0 Å². The number of thiophene rings is 1. The molecule has 1 aromatic heterocycles. The van der Waals surface area contributed by atoms with Gasteiger partial charge in [-0.15, -0.1) is 11.3 Å². The first-order valence-electron chi connectivity index (χ1n) is 8.57. The lowest BCUT2D eigenvalue weighted by molar-refractivity contribution is 1.58. The molecule has 0 fully saturated rings. The van der Waals surface area contributed by atoms with E-state index in [4.69, 9.17) is 0 Å². The minimum atomic E-state index is 1.13. The number of hydrogen-bond donors (Lipinski definition) is 0. The van der Waals surface area contributed by atoms with Gasteiger partial charge in [0.1, 0.15) is 0 Å². The Hall–Kier alpha value is -2.42. The fraction of sp³-hybridized carbons (Fsp3) is 0. The van der Waals surface area contributed by atoms with Gasteiger partial charge in [-0.3, -0.25) is 0 Å². The topological polar surface area (TPSA) is 0 Å².